The molecular weight excluding hydrogens is 222 g/mol. The molecule has 0 radical (unpaired) electrons. The number of carbonyl (C=O) groups excluding carboxylic acids is 2. The Morgan fingerprint density at radius 2 is 2.12 bits per heavy atom. The Labute approximate surface area is 101 Å². The molecule has 1 fully saturated rings. The molecule has 6 nitrogen and oxygen atoms in total. The van der Waals surface area contributed by atoms with Gasteiger partial charge in [0.1, 0.15) is 6.61 Å². The average molecular weight is 243 g/mol. The zero-order valence-electron chi connectivity index (χ0n) is 10.1. The predicted octanol–water partition coefficient (Wildman–Crippen LogP) is -0.0386. The van der Waals surface area contributed by atoms with E-state index in [0.29, 0.717) is 6.54 Å². The van der Waals surface area contributed by atoms with Gasteiger partial charge in [-0.15, -0.1) is 0 Å². The van der Waals surface area contributed by atoms with Crippen molar-refractivity contribution in [3.05, 3.63) is 0 Å². The molecule has 0 saturated heterocycles. The Morgan fingerprint density at radius 3 is 2.76 bits per heavy atom. The Hall–Kier alpha value is -1.30. The van der Waals surface area contributed by atoms with Crippen molar-refractivity contribution >= 4 is 12.0 Å². The van der Waals surface area contributed by atoms with Crippen molar-refractivity contribution in [3.63, 3.8) is 0 Å². The molecule has 0 bridgehead atoms. The van der Waals surface area contributed by atoms with E-state index in [1.807, 2.05) is 6.92 Å². The summed E-state index contributed by atoms with van der Waals surface area (Å²) >= 11 is 0. The van der Waals surface area contributed by atoms with Crippen molar-refractivity contribution in [1.29, 1.82) is 0 Å². The van der Waals surface area contributed by atoms with Gasteiger partial charge >= 0.3 is 6.09 Å². The molecule has 0 aliphatic heterocycles. The largest absolute Gasteiger partial charge is 0.448 e. The number of primary amides is 1. The minimum atomic E-state index is -0.827. The van der Waals surface area contributed by atoms with Crippen LogP contribution >= 0.6 is 0 Å². The van der Waals surface area contributed by atoms with Gasteiger partial charge in [-0.25, -0.2) is 4.79 Å². The lowest BCUT2D eigenvalue weighted by Gasteiger charge is -2.32. The first-order valence-electron chi connectivity index (χ1n) is 5.98. The van der Waals surface area contributed by atoms with Crippen molar-refractivity contribution in [2.24, 2.45) is 23.3 Å². The molecule has 5 N–H and O–H groups in total. The first kappa shape index (κ1) is 13.8. The second-order valence-electron chi connectivity index (χ2n) is 4.52. The molecule has 1 saturated carbocycles. The van der Waals surface area contributed by atoms with Crippen molar-refractivity contribution in [3.8, 4) is 0 Å². The first-order valence-corrected chi connectivity index (χ1v) is 5.98. The molecule has 98 valence electrons. The molecular formula is C11H21N3O3. The number of rotatable bonds is 4. The quantitative estimate of drug-likeness (QED) is 0.602. The fourth-order valence-electron chi connectivity index (χ4n) is 2.22. The number of ether oxygens (including phenoxy) is 1. The summed E-state index contributed by atoms with van der Waals surface area (Å²) in [6.07, 6.45) is 2.02. The molecule has 0 aromatic carbocycles. The molecule has 1 rings (SSSR count). The Kier molecular flexibility index (Phi) is 5.21. The third-order valence-electron chi connectivity index (χ3n) is 3.34. The van der Waals surface area contributed by atoms with Crippen LogP contribution < -0.4 is 16.8 Å². The van der Waals surface area contributed by atoms with Gasteiger partial charge in [0.25, 0.3) is 0 Å². The summed E-state index contributed by atoms with van der Waals surface area (Å²) in [7, 11) is 0. The zero-order valence-corrected chi connectivity index (χ0v) is 10.1. The lowest BCUT2D eigenvalue weighted by molar-refractivity contribution is -0.128. The Morgan fingerprint density at radius 1 is 1.41 bits per heavy atom. The maximum atomic E-state index is 11.9. The van der Waals surface area contributed by atoms with Gasteiger partial charge in [-0.3, -0.25) is 4.79 Å². The first-order chi connectivity index (χ1) is 8.02. The maximum absolute atomic E-state index is 11.9. The van der Waals surface area contributed by atoms with Crippen LogP contribution in [0.2, 0.25) is 0 Å². The van der Waals surface area contributed by atoms with Gasteiger partial charge in [0, 0.05) is 12.0 Å². The van der Waals surface area contributed by atoms with Crippen LogP contribution in [0.4, 0.5) is 4.79 Å². The van der Waals surface area contributed by atoms with E-state index in [1.54, 1.807) is 0 Å². The summed E-state index contributed by atoms with van der Waals surface area (Å²) in [6, 6.07) is 0.0985. The molecule has 0 aromatic rings. The second kappa shape index (κ2) is 6.44. The van der Waals surface area contributed by atoms with E-state index >= 15 is 0 Å². The molecule has 1 aliphatic carbocycles. The van der Waals surface area contributed by atoms with Crippen molar-refractivity contribution in [2.45, 2.75) is 32.2 Å². The Bertz CT molecular complexity index is 283. The smallest absolute Gasteiger partial charge is 0.404 e. The van der Waals surface area contributed by atoms with Crippen LogP contribution in [0.25, 0.3) is 0 Å². The highest BCUT2D eigenvalue weighted by atomic mass is 16.5. The van der Waals surface area contributed by atoms with Gasteiger partial charge in [0.05, 0.1) is 6.54 Å². The van der Waals surface area contributed by atoms with Crippen molar-refractivity contribution in [2.75, 3.05) is 13.2 Å². The molecule has 2 amide bonds. The number of amides is 2. The third kappa shape index (κ3) is 4.22. The lowest BCUT2D eigenvalue weighted by Crippen LogP contribution is -2.45. The van der Waals surface area contributed by atoms with Gasteiger partial charge in [0.15, 0.2) is 0 Å². The highest BCUT2D eigenvalue weighted by Gasteiger charge is 2.32. The van der Waals surface area contributed by atoms with E-state index < -0.39 is 6.09 Å². The molecule has 0 spiro atoms. The van der Waals surface area contributed by atoms with E-state index in [2.05, 4.69) is 10.1 Å². The van der Waals surface area contributed by atoms with Gasteiger partial charge in [-0.2, -0.15) is 0 Å². The summed E-state index contributed by atoms with van der Waals surface area (Å²) in [6.45, 7) is 2.41. The molecule has 0 heterocycles. The molecule has 0 aromatic heterocycles. The molecule has 17 heavy (non-hydrogen) atoms. The summed E-state index contributed by atoms with van der Waals surface area (Å²) in [5.74, 6) is 0.147. The summed E-state index contributed by atoms with van der Waals surface area (Å²) in [5, 5.41) is 2.73. The molecule has 6 heteroatoms. The summed E-state index contributed by atoms with van der Waals surface area (Å²) < 4.78 is 4.53. The van der Waals surface area contributed by atoms with E-state index in [4.69, 9.17) is 11.5 Å². The number of hydrogen-bond donors (Lipinski definition) is 3. The highest BCUT2D eigenvalue weighted by molar-refractivity contribution is 5.79. The maximum Gasteiger partial charge on any atom is 0.404 e. The monoisotopic (exact) mass is 243 g/mol. The second-order valence-corrected chi connectivity index (χ2v) is 4.52. The van der Waals surface area contributed by atoms with Crippen molar-refractivity contribution < 1.29 is 14.3 Å². The molecule has 3 atom stereocenters. The van der Waals surface area contributed by atoms with E-state index in [0.717, 1.165) is 19.3 Å². The lowest BCUT2D eigenvalue weighted by atomic mass is 9.77. The van der Waals surface area contributed by atoms with Crippen molar-refractivity contribution in [1.82, 2.24) is 5.32 Å². The fourth-order valence-corrected chi connectivity index (χ4v) is 2.22. The number of carbonyl (C=O) groups is 2. The van der Waals surface area contributed by atoms with E-state index in [9.17, 15) is 9.59 Å². The standard InChI is InChI=1S/C11H21N3O3/c1-7-8(3-2-4-9(7)12)10(15)14-5-6-17-11(13)16/h7-9H,2-6,12H2,1H3,(H2,13,16)(H,14,15). The third-order valence-corrected chi connectivity index (χ3v) is 3.34. The minimum absolute atomic E-state index is 0.0132. The average Bonchev–Trinajstić information content (AvgIpc) is 2.27. The van der Waals surface area contributed by atoms with Crippen LogP contribution in [0.5, 0.6) is 0 Å². The predicted molar refractivity (Wildman–Crippen MR) is 63.0 cm³/mol. The minimum Gasteiger partial charge on any atom is -0.448 e. The van der Waals surface area contributed by atoms with Gasteiger partial charge in [-0.05, 0) is 18.8 Å². The zero-order chi connectivity index (χ0) is 12.8. The van der Waals surface area contributed by atoms with E-state index in [1.165, 1.54) is 0 Å². The van der Waals surface area contributed by atoms with Gasteiger partial charge in [-0.1, -0.05) is 13.3 Å². The summed E-state index contributed by atoms with van der Waals surface area (Å²) in [5.41, 5.74) is 10.7. The van der Waals surface area contributed by atoms with Gasteiger partial charge in [0.2, 0.25) is 5.91 Å². The SMILES string of the molecule is CC1C(N)CCCC1C(=O)NCCOC(N)=O. The fraction of sp³-hybridized carbons (Fsp3) is 0.818. The Balaban J connectivity index is 2.29. The highest BCUT2D eigenvalue weighted by Crippen LogP contribution is 2.28. The molecule has 1 aliphatic rings. The summed E-state index contributed by atoms with van der Waals surface area (Å²) in [4.78, 5) is 22.2. The molecule has 3 unspecified atom stereocenters. The number of nitrogens with one attached hydrogen (secondary N) is 1. The topological polar surface area (TPSA) is 107 Å². The number of nitrogens with two attached hydrogens (primary N) is 2. The van der Waals surface area contributed by atoms with Crippen LogP contribution in [-0.2, 0) is 9.53 Å². The van der Waals surface area contributed by atoms with Crippen LogP contribution in [-0.4, -0.2) is 31.2 Å². The normalized spacial score (nSPS) is 28.5. The van der Waals surface area contributed by atoms with Gasteiger partial charge < -0.3 is 21.5 Å². The van der Waals surface area contributed by atoms with Crippen LogP contribution in [0, 0.1) is 11.8 Å². The number of hydrogen-bond acceptors (Lipinski definition) is 4. The van der Waals surface area contributed by atoms with Crippen LogP contribution in [0.3, 0.4) is 0 Å². The van der Waals surface area contributed by atoms with Crippen LogP contribution in [0.1, 0.15) is 26.2 Å². The van der Waals surface area contributed by atoms with E-state index in [-0.39, 0.29) is 30.4 Å². The van der Waals surface area contributed by atoms with Crippen LogP contribution in [0.15, 0.2) is 0 Å².